The molecule has 0 atom stereocenters. The highest BCUT2D eigenvalue weighted by atomic mass is 32.1. The predicted octanol–water partition coefficient (Wildman–Crippen LogP) is 1.28. The topological polar surface area (TPSA) is 83.0 Å². The van der Waals surface area contributed by atoms with Crippen LogP contribution in [0.3, 0.4) is 0 Å². The van der Waals surface area contributed by atoms with Crippen LogP contribution >= 0.6 is 11.3 Å². The fraction of sp³-hybridized carbons (Fsp3) is 0.364. The van der Waals surface area contributed by atoms with Crippen molar-refractivity contribution in [3.05, 3.63) is 28.0 Å². The summed E-state index contributed by atoms with van der Waals surface area (Å²) in [6.07, 6.45) is 1.68. The normalized spacial score (nSPS) is 10.6. The molecular formula is C11H14N4O2S. The quantitative estimate of drug-likeness (QED) is 0.843. The molecule has 0 aliphatic heterocycles. The van der Waals surface area contributed by atoms with Crippen LogP contribution in [0.2, 0.25) is 0 Å². The first-order valence-corrected chi connectivity index (χ1v) is 6.29. The van der Waals surface area contributed by atoms with Gasteiger partial charge in [0.1, 0.15) is 18.2 Å². The smallest absolute Gasteiger partial charge is 0.328 e. The van der Waals surface area contributed by atoms with Crippen LogP contribution in [0.4, 0.5) is 5.69 Å². The Morgan fingerprint density at radius 3 is 2.89 bits per heavy atom. The van der Waals surface area contributed by atoms with E-state index in [2.05, 4.69) is 10.1 Å². The Hall–Kier alpha value is -1.89. The van der Waals surface area contributed by atoms with Crippen molar-refractivity contribution in [2.75, 3.05) is 5.73 Å². The van der Waals surface area contributed by atoms with Gasteiger partial charge in [-0.15, -0.1) is 11.3 Å². The lowest BCUT2D eigenvalue weighted by molar-refractivity contribution is -0.145. The molecule has 2 N–H and O–H groups in total. The summed E-state index contributed by atoms with van der Waals surface area (Å²) >= 11 is 1.45. The minimum absolute atomic E-state index is 0.0647. The van der Waals surface area contributed by atoms with E-state index in [1.807, 2.05) is 12.3 Å². The first kappa shape index (κ1) is 12.6. The largest absolute Gasteiger partial charge is 0.457 e. The van der Waals surface area contributed by atoms with Crippen LogP contribution in [0.1, 0.15) is 16.4 Å². The Labute approximate surface area is 108 Å². The number of anilines is 1. The van der Waals surface area contributed by atoms with Gasteiger partial charge in [-0.25, -0.2) is 4.98 Å². The summed E-state index contributed by atoms with van der Waals surface area (Å²) < 4.78 is 6.65. The van der Waals surface area contributed by atoms with Crippen LogP contribution in [-0.2, 0) is 22.7 Å². The molecule has 0 aromatic carbocycles. The highest BCUT2D eigenvalue weighted by Crippen LogP contribution is 2.14. The molecule has 0 unspecified atom stereocenters. The standard InChI is InChI=1S/C11H14N4O2S/c1-7-11(12)8(2)15(14-7)5-10(16)17-6-9-13-3-4-18-9/h3-4H,5-6,12H2,1-2H3. The van der Waals surface area contributed by atoms with E-state index in [4.69, 9.17) is 10.5 Å². The summed E-state index contributed by atoms with van der Waals surface area (Å²) in [5.74, 6) is -0.351. The molecule has 0 aliphatic carbocycles. The molecule has 2 rings (SSSR count). The van der Waals surface area contributed by atoms with E-state index in [1.165, 1.54) is 11.3 Å². The van der Waals surface area contributed by atoms with Crippen LogP contribution in [0.15, 0.2) is 11.6 Å². The van der Waals surface area contributed by atoms with Crippen LogP contribution < -0.4 is 5.73 Å². The second-order valence-electron chi connectivity index (χ2n) is 3.83. The predicted molar refractivity (Wildman–Crippen MR) is 68.0 cm³/mol. The highest BCUT2D eigenvalue weighted by Gasteiger charge is 2.12. The number of nitrogens with two attached hydrogens (primary N) is 1. The number of carbonyl (C=O) groups excluding carboxylic acids is 1. The van der Waals surface area contributed by atoms with Gasteiger partial charge in [-0.1, -0.05) is 0 Å². The summed E-state index contributed by atoms with van der Waals surface area (Å²) in [6, 6.07) is 0. The average molecular weight is 266 g/mol. The first-order chi connectivity index (χ1) is 8.58. The monoisotopic (exact) mass is 266 g/mol. The van der Waals surface area contributed by atoms with E-state index < -0.39 is 0 Å². The maximum Gasteiger partial charge on any atom is 0.328 e. The summed E-state index contributed by atoms with van der Waals surface area (Å²) in [7, 11) is 0. The lowest BCUT2D eigenvalue weighted by Crippen LogP contribution is -2.15. The number of nitrogens with zero attached hydrogens (tertiary/aromatic N) is 3. The van der Waals surface area contributed by atoms with Gasteiger partial charge in [0.2, 0.25) is 0 Å². The molecule has 2 aromatic rings. The summed E-state index contributed by atoms with van der Waals surface area (Å²) in [6.45, 7) is 3.89. The third kappa shape index (κ3) is 2.67. The molecule has 0 radical (unpaired) electrons. The molecule has 0 saturated carbocycles. The minimum Gasteiger partial charge on any atom is -0.457 e. The van der Waals surface area contributed by atoms with Gasteiger partial charge in [0.25, 0.3) is 0 Å². The van der Waals surface area contributed by atoms with Crippen molar-refractivity contribution < 1.29 is 9.53 Å². The summed E-state index contributed by atoms with van der Waals surface area (Å²) in [5.41, 5.74) is 7.90. The summed E-state index contributed by atoms with van der Waals surface area (Å²) in [5, 5.41) is 6.78. The molecule has 7 heteroatoms. The molecule has 2 aromatic heterocycles. The number of esters is 1. The van der Waals surface area contributed by atoms with Crippen molar-refractivity contribution in [2.24, 2.45) is 0 Å². The Kier molecular flexibility index (Phi) is 3.61. The van der Waals surface area contributed by atoms with Crippen LogP contribution in [-0.4, -0.2) is 20.7 Å². The molecule has 0 amide bonds. The number of aromatic nitrogens is 3. The molecule has 0 fully saturated rings. The van der Waals surface area contributed by atoms with E-state index in [0.29, 0.717) is 5.69 Å². The first-order valence-electron chi connectivity index (χ1n) is 5.41. The third-order valence-corrected chi connectivity index (χ3v) is 3.31. The van der Waals surface area contributed by atoms with Crippen molar-refractivity contribution in [1.82, 2.24) is 14.8 Å². The van der Waals surface area contributed by atoms with E-state index in [-0.39, 0.29) is 19.1 Å². The van der Waals surface area contributed by atoms with E-state index in [9.17, 15) is 4.79 Å². The van der Waals surface area contributed by atoms with Gasteiger partial charge >= 0.3 is 5.97 Å². The van der Waals surface area contributed by atoms with E-state index in [1.54, 1.807) is 17.8 Å². The second kappa shape index (κ2) is 5.18. The van der Waals surface area contributed by atoms with E-state index in [0.717, 1.165) is 16.4 Å². The molecule has 0 saturated heterocycles. The maximum atomic E-state index is 11.6. The van der Waals surface area contributed by atoms with Gasteiger partial charge < -0.3 is 10.5 Å². The van der Waals surface area contributed by atoms with Gasteiger partial charge in [-0.2, -0.15) is 5.10 Å². The van der Waals surface area contributed by atoms with Gasteiger partial charge in [-0.3, -0.25) is 9.48 Å². The molecule has 0 bridgehead atoms. The Bertz CT molecular complexity index is 548. The Morgan fingerprint density at radius 2 is 2.33 bits per heavy atom. The molecular weight excluding hydrogens is 252 g/mol. The maximum absolute atomic E-state index is 11.6. The Morgan fingerprint density at radius 1 is 1.56 bits per heavy atom. The zero-order valence-corrected chi connectivity index (χ0v) is 11.0. The molecule has 18 heavy (non-hydrogen) atoms. The number of ether oxygens (including phenoxy) is 1. The number of aryl methyl sites for hydroxylation is 1. The van der Waals surface area contributed by atoms with Crippen LogP contribution in [0.5, 0.6) is 0 Å². The SMILES string of the molecule is Cc1nn(CC(=O)OCc2nccs2)c(C)c1N. The summed E-state index contributed by atoms with van der Waals surface area (Å²) in [4.78, 5) is 15.7. The van der Waals surface area contributed by atoms with Crippen molar-refractivity contribution in [3.8, 4) is 0 Å². The fourth-order valence-corrected chi connectivity index (χ4v) is 2.03. The van der Waals surface area contributed by atoms with Crippen molar-refractivity contribution in [1.29, 1.82) is 0 Å². The number of thiazole rings is 1. The number of carbonyl (C=O) groups is 1. The van der Waals surface area contributed by atoms with Gasteiger partial charge in [-0.05, 0) is 13.8 Å². The zero-order chi connectivity index (χ0) is 13.1. The number of nitrogen functional groups attached to an aromatic ring is 1. The molecule has 6 nitrogen and oxygen atoms in total. The number of hydrogen-bond donors (Lipinski definition) is 1. The zero-order valence-electron chi connectivity index (χ0n) is 10.2. The number of rotatable bonds is 4. The molecule has 0 spiro atoms. The van der Waals surface area contributed by atoms with Crippen LogP contribution in [0, 0.1) is 13.8 Å². The van der Waals surface area contributed by atoms with Crippen molar-refractivity contribution >= 4 is 23.0 Å². The van der Waals surface area contributed by atoms with Gasteiger partial charge in [0.15, 0.2) is 0 Å². The lowest BCUT2D eigenvalue weighted by atomic mass is 10.3. The number of hydrogen-bond acceptors (Lipinski definition) is 6. The lowest BCUT2D eigenvalue weighted by Gasteiger charge is -2.04. The van der Waals surface area contributed by atoms with Crippen molar-refractivity contribution in [3.63, 3.8) is 0 Å². The van der Waals surface area contributed by atoms with E-state index >= 15 is 0 Å². The second-order valence-corrected chi connectivity index (χ2v) is 4.81. The highest BCUT2D eigenvalue weighted by molar-refractivity contribution is 7.09. The average Bonchev–Trinajstić information content (AvgIpc) is 2.93. The van der Waals surface area contributed by atoms with Crippen LogP contribution in [0.25, 0.3) is 0 Å². The van der Waals surface area contributed by atoms with Crippen molar-refractivity contribution in [2.45, 2.75) is 27.0 Å². The molecule has 0 aliphatic rings. The fourth-order valence-electron chi connectivity index (χ4n) is 1.50. The molecule has 2 heterocycles. The molecule has 96 valence electrons. The van der Waals surface area contributed by atoms with Gasteiger partial charge in [0, 0.05) is 11.6 Å². The van der Waals surface area contributed by atoms with Gasteiger partial charge in [0.05, 0.1) is 17.1 Å². The Balaban J connectivity index is 1.93. The minimum atomic E-state index is -0.351. The third-order valence-electron chi connectivity index (χ3n) is 2.56.